The second-order valence-corrected chi connectivity index (χ2v) is 3.60. The Hall–Kier alpha value is -0.500. The summed E-state index contributed by atoms with van der Waals surface area (Å²) in [6, 6.07) is 5.80. The summed E-state index contributed by atoms with van der Waals surface area (Å²) in [5.74, 6) is 1.61. The van der Waals surface area contributed by atoms with E-state index in [9.17, 15) is 0 Å². The van der Waals surface area contributed by atoms with Crippen LogP contribution in [-0.4, -0.2) is 4.98 Å². The molecular formula is C11H19NS. The Bertz CT molecular complexity index is 197. The zero-order chi connectivity index (χ0) is 10.1. The molecule has 13 heavy (non-hydrogen) atoms. The first-order valence-electron chi connectivity index (χ1n) is 4.71. The molecule has 0 fully saturated rings. The Labute approximate surface area is 87.0 Å². The van der Waals surface area contributed by atoms with E-state index < -0.39 is 0 Å². The van der Waals surface area contributed by atoms with Crippen molar-refractivity contribution in [3.63, 3.8) is 0 Å². The lowest BCUT2D eigenvalue weighted by molar-refractivity contribution is 0.626. The van der Waals surface area contributed by atoms with Gasteiger partial charge in [0.05, 0.1) is 0 Å². The van der Waals surface area contributed by atoms with Crippen LogP contribution in [0.4, 0.5) is 0 Å². The Morgan fingerprint density at radius 2 is 2.00 bits per heavy atom. The first-order valence-corrected chi connectivity index (χ1v) is 5.34. The Morgan fingerprint density at radius 1 is 1.38 bits per heavy atom. The number of pyridine rings is 1. The molecule has 1 aromatic rings. The standard InChI is InChI=1S/C6H7NS.C5H12/c8-5-6-3-1-2-4-7-6;1-4-5(2)3/h1-4,8H,5H2;5H,4H2,1-3H3. The van der Waals surface area contributed by atoms with Gasteiger partial charge in [0.25, 0.3) is 0 Å². The molecule has 0 aliphatic carbocycles. The van der Waals surface area contributed by atoms with E-state index in [1.54, 1.807) is 6.20 Å². The molecule has 0 unspecified atom stereocenters. The van der Waals surface area contributed by atoms with Crippen molar-refractivity contribution in [1.29, 1.82) is 0 Å². The highest BCUT2D eigenvalue weighted by Gasteiger charge is 1.82. The molecule has 0 amide bonds. The number of nitrogens with zero attached hydrogens (tertiary/aromatic N) is 1. The molecule has 0 N–H and O–H groups in total. The van der Waals surface area contributed by atoms with E-state index in [0.717, 1.165) is 17.4 Å². The van der Waals surface area contributed by atoms with E-state index in [4.69, 9.17) is 0 Å². The summed E-state index contributed by atoms with van der Waals surface area (Å²) in [7, 11) is 0. The van der Waals surface area contributed by atoms with Gasteiger partial charge in [-0.2, -0.15) is 12.6 Å². The quantitative estimate of drug-likeness (QED) is 0.715. The van der Waals surface area contributed by atoms with Gasteiger partial charge in [-0.05, 0) is 18.1 Å². The molecule has 1 nitrogen and oxygen atoms in total. The fraction of sp³-hybridized carbons (Fsp3) is 0.545. The van der Waals surface area contributed by atoms with Crippen molar-refractivity contribution in [2.24, 2.45) is 5.92 Å². The minimum absolute atomic E-state index is 0.723. The van der Waals surface area contributed by atoms with Crippen LogP contribution in [-0.2, 0) is 5.75 Å². The highest BCUT2D eigenvalue weighted by atomic mass is 32.1. The normalized spacial score (nSPS) is 9.31. The Balaban J connectivity index is 0.000000252. The maximum Gasteiger partial charge on any atom is 0.0499 e. The molecule has 0 atom stereocenters. The molecule has 0 aliphatic heterocycles. The molecule has 0 radical (unpaired) electrons. The third-order valence-electron chi connectivity index (χ3n) is 1.70. The summed E-state index contributed by atoms with van der Waals surface area (Å²) in [5, 5.41) is 0. The lowest BCUT2D eigenvalue weighted by atomic mass is 10.2. The van der Waals surface area contributed by atoms with Gasteiger partial charge in [0, 0.05) is 17.6 Å². The second-order valence-electron chi connectivity index (χ2n) is 3.28. The van der Waals surface area contributed by atoms with Crippen molar-refractivity contribution >= 4 is 12.6 Å². The van der Waals surface area contributed by atoms with Gasteiger partial charge in [-0.25, -0.2) is 0 Å². The van der Waals surface area contributed by atoms with Gasteiger partial charge in [-0.15, -0.1) is 0 Å². The molecule has 0 bridgehead atoms. The lowest BCUT2D eigenvalue weighted by Crippen LogP contribution is -1.79. The van der Waals surface area contributed by atoms with Gasteiger partial charge in [-0.1, -0.05) is 33.3 Å². The van der Waals surface area contributed by atoms with E-state index in [1.165, 1.54) is 6.42 Å². The number of rotatable bonds is 2. The van der Waals surface area contributed by atoms with Crippen molar-refractivity contribution in [1.82, 2.24) is 4.98 Å². The zero-order valence-corrected chi connectivity index (χ0v) is 9.59. The molecule has 1 heterocycles. The monoisotopic (exact) mass is 197 g/mol. The van der Waals surface area contributed by atoms with Gasteiger partial charge in [-0.3, -0.25) is 4.98 Å². The van der Waals surface area contributed by atoms with E-state index in [2.05, 4.69) is 38.4 Å². The van der Waals surface area contributed by atoms with Crippen LogP contribution in [0, 0.1) is 5.92 Å². The van der Waals surface area contributed by atoms with E-state index in [1.807, 2.05) is 18.2 Å². The van der Waals surface area contributed by atoms with Crippen LogP contribution in [0.15, 0.2) is 24.4 Å². The molecule has 0 spiro atoms. The average molecular weight is 197 g/mol. The lowest BCUT2D eigenvalue weighted by Gasteiger charge is -1.90. The van der Waals surface area contributed by atoms with Gasteiger partial charge >= 0.3 is 0 Å². The van der Waals surface area contributed by atoms with E-state index >= 15 is 0 Å². The van der Waals surface area contributed by atoms with Gasteiger partial charge in [0.15, 0.2) is 0 Å². The molecule has 0 aliphatic rings. The predicted molar refractivity (Wildman–Crippen MR) is 62.1 cm³/mol. The van der Waals surface area contributed by atoms with Crippen LogP contribution < -0.4 is 0 Å². The summed E-state index contributed by atoms with van der Waals surface area (Å²) in [4.78, 5) is 4.02. The van der Waals surface area contributed by atoms with Crippen LogP contribution in [0.2, 0.25) is 0 Å². The summed E-state index contributed by atoms with van der Waals surface area (Å²) in [5.41, 5.74) is 1.02. The van der Waals surface area contributed by atoms with Crippen LogP contribution in [0.25, 0.3) is 0 Å². The fourth-order valence-corrected chi connectivity index (χ4v) is 0.679. The van der Waals surface area contributed by atoms with E-state index in [-0.39, 0.29) is 0 Å². The topological polar surface area (TPSA) is 12.9 Å². The summed E-state index contributed by atoms with van der Waals surface area (Å²) >= 11 is 4.05. The Morgan fingerprint density at radius 3 is 2.23 bits per heavy atom. The fourth-order valence-electron chi connectivity index (χ4n) is 0.492. The molecule has 0 saturated carbocycles. The highest BCUT2D eigenvalue weighted by Crippen LogP contribution is 1.95. The van der Waals surface area contributed by atoms with Crippen LogP contribution in [0.1, 0.15) is 32.9 Å². The third-order valence-corrected chi connectivity index (χ3v) is 2.03. The smallest absolute Gasteiger partial charge is 0.0499 e. The van der Waals surface area contributed by atoms with Crippen molar-refractivity contribution in [2.45, 2.75) is 32.9 Å². The van der Waals surface area contributed by atoms with Crippen molar-refractivity contribution in [3.05, 3.63) is 30.1 Å². The van der Waals surface area contributed by atoms with E-state index in [0.29, 0.717) is 0 Å². The minimum atomic E-state index is 0.723. The predicted octanol–water partition coefficient (Wildman–Crippen LogP) is 3.56. The van der Waals surface area contributed by atoms with Crippen LogP contribution >= 0.6 is 12.6 Å². The molecule has 74 valence electrons. The zero-order valence-electron chi connectivity index (χ0n) is 8.70. The van der Waals surface area contributed by atoms with Crippen molar-refractivity contribution in [3.8, 4) is 0 Å². The Kier molecular flexibility index (Phi) is 7.80. The van der Waals surface area contributed by atoms with Gasteiger partial charge < -0.3 is 0 Å². The number of aromatic nitrogens is 1. The first-order chi connectivity index (χ1) is 6.20. The minimum Gasteiger partial charge on any atom is -0.260 e. The van der Waals surface area contributed by atoms with Gasteiger partial charge in [0.2, 0.25) is 0 Å². The summed E-state index contributed by atoms with van der Waals surface area (Å²) in [6.07, 6.45) is 3.07. The maximum absolute atomic E-state index is 4.05. The number of thiol groups is 1. The van der Waals surface area contributed by atoms with Crippen molar-refractivity contribution < 1.29 is 0 Å². The highest BCUT2D eigenvalue weighted by molar-refractivity contribution is 7.79. The molecule has 1 aromatic heterocycles. The molecule has 1 rings (SSSR count). The number of hydrogen-bond acceptors (Lipinski definition) is 2. The SMILES string of the molecule is CCC(C)C.SCc1ccccn1. The maximum atomic E-state index is 4.05. The van der Waals surface area contributed by atoms with Gasteiger partial charge in [0.1, 0.15) is 0 Å². The molecular weight excluding hydrogens is 178 g/mol. The van der Waals surface area contributed by atoms with Crippen LogP contribution in [0.3, 0.4) is 0 Å². The molecule has 0 saturated heterocycles. The number of hydrogen-bond donors (Lipinski definition) is 1. The largest absolute Gasteiger partial charge is 0.260 e. The molecule has 2 heteroatoms. The molecule has 0 aromatic carbocycles. The van der Waals surface area contributed by atoms with Crippen molar-refractivity contribution in [2.75, 3.05) is 0 Å². The summed E-state index contributed by atoms with van der Waals surface area (Å²) in [6.45, 7) is 6.64. The van der Waals surface area contributed by atoms with Crippen LogP contribution in [0.5, 0.6) is 0 Å². The third kappa shape index (κ3) is 7.85. The first kappa shape index (κ1) is 12.5. The average Bonchev–Trinajstić information content (AvgIpc) is 2.20. The second kappa shape index (κ2) is 8.11. The summed E-state index contributed by atoms with van der Waals surface area (Å²) < 4.78 is 0.